The molecule has 1 N–H and O–H groups in total. The van der Waals surface area contributed by atoms with Crippen LogP contribution in [0.25, 0.3) is 0 Å². The van der Waals surface area contributed by atoms with Crippen LogP contribution in [0.1, 0.15) is 25.5 Å². The third-order valence-electron chi connectivity index (χ3n) is 3.54. The maximum atomic E-state index is 12.5. The predicted molar refractivity (Wildman–Crippen MR) is 81.4 cm³/mol. The summed E-state index contributed by atoms with van der Waals surface area (Å²) in [7, 11) is 0. The van der Waals surface area contributed by atoms with Crippen LogP contribution in [0.4, 0.5) is 0 Å². The van der Waals surface area contributed by atoms with Crippen molar-refractivity contribution in [2.45, 2.75) is 19.9 Å². The van der Waals surface area contributed by atoms with Crippen LogP contribution in [0.15, 0.2) is 24.3 Å². The van der Waals surface area contributed by atoms with Gasteiger partial charge in [0.05, 0.1) is 13.2 Å². The van der Waals surface area contributed by atoms with E-state index < -0.39 is 6.04 Å². The molecule has 1 unspecified atom stereocenters. The summed E-state index contributed by atoms with van der Waals surface area (Å²) in [5, 5.41) is 3.31. The second kappa shape index (κ2) is 8.00. The topological polar surface area (TPSA) is 50.8 Å². The number of nitrogens with one attached hydrogen (secondary N) is 1. The van der Waals surface area contributed by atoms with Crippen LogP contribution in [0.2, 0.25) is 0 Å². The molecular formula is C16H24N2O3. The highest BCUT2D eigenvalue weighted by Gasteiger charge is 2.32. The van der Waals surface area contributed by atoms with Gasteiger partial charge in [-0.2, -0.15) is 0 Å². The molecule has 116 valence electrons. The number of carbonyl (C=O) groups is 1. The van der Waals surface area contributed by atoms with Gasteiger partial charge in [0, 0.05) is 31.7 Å². The predicted octanol–water partition coefficient (Wildman–Crippen LogP) is 1.59. The van der Waals surface area contributed by atoms with Gasteiger partial charge in [0.2, 0.25) is 0 Å². The van der Waals surface area contributed by atoms with Gasteiger partial charge >= 0.3 is 5.97 Å². The summed E-state index contributed by atoms with van der Waals surface area (Å²) in [6, 6.07) is 7.33. The van der Waals surface area contributed by atoms with Crippen molar-refractivity contribution in [3.8, 4) is 5.75 Å². The minimum absolute atomic E-state index is 0.202. The summed E-state index contributed by atoms with van der Waals surface area (Å²) in [6.07, 6.45) is 0. The normalized spacial score (nSPS) is 17.2. The average molecular weight is 292 g/mol. The molecule has 1 fully saturated rings. The number of para-hydroxylation sites is 1. The van der Waals surface area contributed by atoms with Crippen molar-refractivity contribution in [3.63, 3.8) is 0 Å². The fourth-order valence-corrected chi connectivity index (χ4v) is 2.63. The van der Waals surface area contributed by atoms with Gasteiger partial charge in [0.15, 0.2) is 0 Å². The lowest BCUT2D eigenvalue weighted by Crippen LogP contribution is -2.47. The summed E-state index contributed by atoms with van der Waals surface area (Å²) in [5.41, 5.74) is 0.889. The number of hydrogen-bond acceptors (Lipinski definition) is 5. The summed E-state index contributed by atoms with van der Waals surface area (Å²) in [5.74, 6) is 0.558. The lowest BCUT2D eigenvalue weighted by molar-refractivity contribution is -0.150. The zero-order chi connectivity index (χ0) is 15.1. The second-order valence-corrected chi connectivity index (χ2v) is 4.91. The quantitative estimate of drug-likeness (QED) is 0.807. The molecule has 0 bridgehead atoms. The molecule has 0 spiro atoms. The van der Waals surface area contributed by atoms with E-state index >= 15 is 0 Å². The van der Waals surface area contributed by atoms with Gasteiger partial charge in [-0.25, -0.2) is 4.79 Å². The molecule has 0 radical (unpaired) electrons. The van der Waals surface area contributed by atoms with E-state index in [1.165, 1.54) is 0 Å². The molecule has 1 heterocycles. The molecule has 21 heavy (non-hydrogen) atoms. The molecule has 0 aliphatic carbocycles. The van der Waals surface area contributed by atoms with Gasteiger partial charge in [-0.3, -0.25) is 4.90 Å². The summed E-state index contributed by atoms with van der Waals surface area (Å²) in [6.45, 7) is 8.15. The monoisotopic (exact) mass is 292 g/mol. The number of nitrogens with zero attached hydrogens (tertiary/aromatic N) is 1. The van der Waals surface area contributed by atoms with Crippen LogP contribution in [0.3, 0.4) is 0 Å². The number of piperazine rings is 1. The lowest BCUT2D eigenvalue weighted by Gasteiger charge is -2.34. The first-order valence-electron chi connectivity index (χ1n) is 7.61. The molecule has 1 aromatic carbocycles. The number of ether oxygens (including phenoxy) is 2. The Hall–Kier alpha value is -1.59. The Morgan fingerprint density at radius 1 is 1.24 bits per heavy atom. The van der Waals surface area contributed by atoms with Crippen molar-refractivity contribution >= 4 is 5.97 Å². The van der Waals surface area contributed by atoms with Gasteiger partial charge in [-0.15, -0.1) is 0 Å². The highest BCUT2D eigenvalue weighted by Crippen LogP contribution is 2.30. The maximum Gasteiger partial charge on any atom is 0.328 e. The van der Waals surface area contributed by atoms with E-state index in [1.807, 2.05) is 38.1 Å². The van der Waals surface area contributed by atoms with Crippen molar-refractivity contribution in [2.24, 2.45) is 0 Å². The van der Waals surface area contributed by atoms with E-state index in [0.29, 0.717) is 13.2 Å². The highest BCUT2D eigenvalue weighted by atomic mass is 16.5. The van der Waals surface area contributed by atoms with Crippen LogP contribution < -0.4 is 10.1 Å². The number of rotatable bonds is 6. The molecule has 2 rings (SSSR count). The molecule has 0 amide bonds. The standard InChI is InChI=1S/C16H24N2O3/c1-3-20-14-8-6-5-7-13(14)15(16(19)21-4-2)18-11-9-17-10-12-18/h5-8,15,17H,3-4,9-12H2,1-2H3. The molecule has 0 saturated carbocycles. The van der Waals surface area contributed by atoms with Crippen molar-refractivity contribution in [3.05, 3.63) is 29.8 Å². The van der Waals surface area contributed by atoms with Crippen molar-refractivity contribution in [1.29, 1.82) is 0 Å². The van der Waals surface area contributed by atoms with Gasteiger partial charge in [-0.1, -0.05) is 18.2 Å². The van der Waals surface area contributed by atoms with E-state index in [1.54, 1.807) is 0 Å². The Bertz CT molecular complexity index is 459. The Kier molecular flexibility index (Phi) is 6.02. The van der Waals surface area contributed by atoms with Crippen molar-refractivity contribution in [1.82, 2.24) is 10.2 Å². The highest BCUT2D eigenvalue weighted by molar-refractivity contribution is 5.78. The van der Waals surface area contributed by atoms with E-state index in [2.05, 4.69) is 10.2 Å². The van der Waals surface area contributed by atoms with Gasteiger partial charge in [-0.05, 0) is 19.9 Å². The molecule has 1 saturated heterocycles. The molecule has 1 atom stereocenters. The fourth-order valence-electron chi connectivity index (χ4n) is 2.63. The smallest absolute Gasteiger partial charge is 0.328 e. The number of esters is 1. The fraction of sp³-hybridized carbons (Fsp3) is 0.562. The number of hydrogen-bond donors (Lipinski definition) is 1. The van der Waals surface area contributed by atoms with E-state index in [4.69, 9.17) is 9.47 Å². The van der Waals surface area contributed by atoms with Crippen molar-refractivity contribution in [2.75, 3.05) is 39.4 Å². The van der Waals surface area contributed by atoms with Crippen LogP contribution in [0, 0.1) is 0 Å². The third kappa shape index (κ3) is 3.95. The van der Waals surface area contributed by atoms with Gasteiger partial charge in [0.1, 0.15) is 11.8 Å². The molecule has 5 heteroatoms. The lowest BCUT2D eigenvalue weighted by atomic mass is 10.0. The molecule has 5 nitrogen and oxygen atoms in total. The molecule has 0 aromatic heterocycles. The summed E-state index contributed by atoms with van der Waals surface area (Å²) < 4.78 is 11.0. The molecule has 1 aliphatic rings. The van der Waals surface area contributed by atoms with Gasteiger partial charge in [0.25, 0.3) is 0 Å². The zero-order valence-corrected chi connectivity index (χ0v) is 12.8. The van der Waals surface area contributed by atoms with Crippen LogP contribution >= 0.6 is 0 Å². The SMILES string of the molecule is CCOC(=O)C(c1ccccc1OCC)N1CCNCC1. The average Bonchev–Trinajstić information content (AvgIpc) is 2.51. The van der Waals surface area contributed by atoms with Gasteiger partial charge < -0.3 is 14.8 Å². The first-order valence-corrected chi connectivity index (χ1v) is 7.61. The van der Waals surface area contributed by atoms with Crippen LogP contribution in [-0.4, -0.2) is 50.3 Å². The Morgan fingerprint density at radius 2 is 1.95 bits per heavy atom. The molecule has 1 aromatic rings. The van der Waals surface area contributed by atoms with Crippen molar-refractivity contribution < 1.29 is 14.3 Å². The van der Waals surface area contributed by atoms with E-state index in [0.717, 1.165) is 37.5 Å². The minimum Gasteiger partial charge on any atom is -0.494 e. The maximum absolute atomic E-state index is 12.5. The number of carbonyl (C=O) groups excluding carboxylic acids is 1. The molecular weight excluding hydrogens is 268 g/mol. The Balaban J connectivity index is 2.31. The first-order chi connectivity index (χ1) is 10.3. The van der Waals surface area contributed by atoms with Crippen LogP contribution in [-0.2, 0) is 9.53 Å². The van der Waals surface area contributed by atoms with E-state index in [-0.39, 0.29) is 5.97 Å². The summed E-state index contributed by atoms with van der Waals surface area (Å²) >= 11 is 0. The Morgan fingerprint density at radius 3 is 2.62 bits per heavy atom. The molecule has 1 aliphatic heterocycles. The number of benzene rings is 1. The second-order valence-electron chi connectivity index (χ2n) is 4.91. The van der Waals surface area contributed by atoms with E-state index in [9.17, 15) is 4.79 Å². The summed E-state index contributed by atoms with van der Waals surface area (Å²) in [4.78, 5) is 14.6. The largest absolute Gasteiger partial charge is 0.494 e. The zero-order valence-electron chi connectivity index (χ0n) is 12.8. The Labute approximate surface area is 126 Å². The first kappa shape index (κ1) is 15.8. The van der Waals surface area contributed by atoms with Crippen LogP contribution in [0.5, 0.6) is 5.75 Å². The third-order valence-corrected chi connectivity index (χ3v) is 3.54. The minimum atomic E-state index is -0.394.